The molecule has 3 aromatic carbocycles. The third-order valence-corrected chi connectivity index (χ3v) is 6.03. The number of carbonyl (C=O) groups excluding carboxylic acids is 2. The Morgan fingerprint density at radius 2 is 1.58 bits per heavy atom. The van der Waals surface area contributed by atoms with Gasteiger partial charge in [-0.05, 0) is 48.0 Å². The number of amides is 2. The van der Waals surface area contributed by atoms with E-state index in [9.17, 15) is 14.0 Å². The molecule has 2 aliphatic heterocycles. The van der Waals surface area contributed by atoms with Gasteiger partial charge in [-0.2, -0.15) is 0 Å². The smallest absolute Gasteiger partial charge is 0.266 e. The van der Waals surface area contributed by atoms with Crippen molar-refractivity contribution >= 4 is 46.4 Å². The molecule has 2 heterocycles. The van der Waals surface area contributed by atoms with Gasteiger partial charge in [0.2, 0.25) is 5.91 Å². The first-order chi connectivity index (χ1) is 15.0. The average molecular weight is 457 g/mol. The number of hydrogen-bond donors (Lipinski definition) is 0. The maximum absolute atomic E-state index is 13.6. The summed E-state index contributed by atoms with van der Waals surface area (Å²) >= 11 is 12.2. The van der Waals surface area contributed by atoms with Gasteiger partial charge in [-0.15, -0.1) is 0 Å². The van der Waals surface area contributed by atoms with Gasteiger partial charge >= 0.3 is 0 Å². The van der Waals surface area contributed by atoms with Crippen molar-refractivity contribution in [2.45, 2.75) is 12.1 Å². The summed E-state index contributed by atoms with van der Waals surface area (Å²) in [5.41, 5.74) is 1.59. The highest BCUT2D eigenvalue weighted by Crippen LogP contribution is 2.48. The van der Waals surface area contributed by atoms with E-state index in [0.29, 0.717) is 16.3 Å². The van der Waals surface area contributed by atoms with Gasteiger partial charge in [-0.3, -0.25) is 14.4 Å². The summed E-state index contributed by atoms with van der Waals surface area (Å²) in [5.74, 6) is -2.17. The first-order valence-electron chi connectivity index (χ1n) is 9.55. The lowest BCUT2D eigenvalue weighted by Crippen LogP contribution is -2.37. The number of anilines is 2. The summed E-state index contributed by atoms with van der Waals surface area (Å²) in [7, 11) is 0. The van der Waals surface area contributed by atoms with Crippen LogP contribution in [-0.2, 0) is 14.4 Å². The highest BCUT2D eigenvalue weighted by molar-refractivity contribution is 6.38. The minimum Gasteiger partial charge on any atom is -0.273 e. The van der Waals surface area contributed by atoms with E-state index in [0.717, 1.165) is 4.90 Å². The number of halogens is 3. The number of imide groups is 1. The van der Waals surface area contributed by atoms with Crippen LogP contribution in [0.5, 0.6) is 0 Å². The van der Waals surface area contributed by atoms with Gasteiger partial charge in [0.05, 0.1) is 22.4 Å². The van der Waals surface area contributed by atoms with Crippen molar-refractivity contribution in [3.8, 4) is 0 Å². The fourth-order valence-corrected chi connectivity index (χ4v) is 4.61. The first kappa shape index (κ1) is 20.0. The molecule has 0 N–H and O–H groups in total. The fraction of sp³-hybridized carbons (Fsp3) is 0.130. The molecule has 5 rings (SSSR count). The number of fused-ring (bicyclic) bond motifs is 1. The number of hydroxylamine groups is 1. The van der Waals surface area contributed by atoms with E-state index in [1.165, 1.54) is 24.3 Å². The number of carbonyl (C=O) groups is 2. The Kier molecular flexibility index (Phi) is 4.93. The van der Waals surface area contributed by atoms with Crippen molar-refractivity contribution < 1.29 is 18.8 Å². The van der Waals surface area contributed by atoms with Gasteiger partial charge in [0, 0.05) is 5.02 Å². The number of para-hydroxylation sites is 1. The number of benzene rings is 3. The van der Waals surface area contributed by atoms with E-state index in [1.807, 2.05) is 30.3 Å². The molecular formula is C23H15Cl2FN2O3. The summed E-state index contributed by atoms with van der Waals surface area (Å²) in [6.07, 6.45) is -1.03. The second-order valence-electron chi connectivity index (χ2n) is 7.32. The maximum Gasteiger partial charge on any atom is 0.266 e. The van der Waals surface area contributed by atoms with Crippen molar-refractivity contribution in [1.82, 2.24) is 0 Å². The summed E-state index contributed by atoms with van der Waals surface area (Å²) < 4.78 is 13.6. The predicted molar refractivity (Wildman–Crippen MR) is 115 cm³/mol. The Balaban J connectivity index is 1.59. The molecule has 0 radical (unpaired) electrons. The topological polar surface area (TPSA) is 49.9 Å². The Morgan fingerprint density at radius 1 is 0.871 bits per heavy atom. The highest BCUT2D eigenvalue weighted by Gasteiger charge is 2.60. The predicted octanol–water partition coefficient (Wildman–Crippen LogP) is 5.18. The number of rotatable bonds is 3. The van der Waals surface area contributed by atoms with Crippen LogP contribution in [0.25, 0.3) is 0 Å². The average Bonchev–Trinajstić information content (AvgIpc) is 3.26. The van der Waals surface area contributed by atoms with Crippen LogP contribution in [0.3, 0.4) is 0 Å². The van der Waals surface area contributed by atoms with Gasteiger partial charge in [-0.1, -0.05) is 53.5 Å². The van der Waals surface area contributed by atoms with Crippen molar-refractivity contribution in [3.63, 3.8) is 0 Å². The summed E-state index contributed by atoms with van der Waals surface area (Å²) in [5, 5.41) is 2.13. The third-order valence-electron chi connectivity index (χ3n) is 5.49. The summed E-state index contributed by atoms with van der Waals surface area (Å²) in [6, 6.07) is 18.9. The molecule has 3 atom stereocenters. The lowest BCUT2D eigenvalue weighted by atomic mass is 9.90. The molecule has 156 valence electrons. The van der Waals surface area contributed by atoms with Crippen LogP contribution in [0.15, 0.2) is 72.8 Å². The third kappa shape index (κ3) is 3.28. The van der Waals surface area contributed by atoms with Gasteiger partial charge < -0.3 is 0 Å². The Morgan fingerprint density at radius 3 is 2.26 bits per heavy atom. The van der Waals surface area contributed by atoms with Crippen LogP contribution >= 0.6 is 23.2 Å². The normalized spacial score (nSPS) is 22.9. The molecule has 8 heteroatoms. The SMILES string of the molecule is O=C1[C@@H]2[C@@H](ON(c3ccccc3)[C@H]2c2ccc(F)cc2)C(=O)N1c1ccc(Cl)cc1Cl. The van der Waals surface area contributed by atoms with Gasteiger partial charge in [0.1, 0.15) is 11.7 Å². The van der Waals surface area contributed by atoms with Crippen LogP contribution in [-0.4, -0.2) is 17.9 Å². The lowest BCUT2D eigenvalue weighted by Gasteiger charge is -2.29. The van der Waals surface area contributed by atoms with E-state index >= 15 is 0 Å². The molecule has 2 saturated heterocycles. The fourth-order valence-electron chi connectivity index (χ4n) is 4.11. The second kappa shape index (κ2) is 7.64. The van der Waals surface area contributed by atoms with Crippen molar-refractivity contribution in [2.75, 3.05) is 9.96 Å². The Labute approximate surface area is 187 Å². The van der Waals surface area contributed by atoms with E-state index in [4.69, 9.17) is 28.0 Å². The molecule has 2 aliphatic rings. The molecule has 2 amide bonds. The molecule has 0 unspecified atom stereocenters. The van der Waals surface area contributed by atoms with Gasteiger partial charge in [0.25, 0.3) is 5.91 Å². The molecular weight excluding hydrogens is 442 g/mol. The number of nitrogens with zero attached hydrogens (tertiary/aromatic N) is 2. The van der Waals surface area contributed by atoms with Crippen molar-refractivity contribution in [2.24, 2.45) is 5.92 Å². The zero-order chi connectivity index (χ0) is 21.7. The van der Waals surface area contributed by atoms with Gasteiger partial charge in [0.15, 0.2) is 6.10 Å². The number of hydrogen-bond acceptors (Lipinski definition) is 4. The standard InChI is InChI=1S/C23H15Cl2FN2O3/c24-14-8-11-18(17(25)12-14)27-22(29)19-20(13-6-9-15(26)10-7-13)28(31-21(19)23(27)30)16-4-2-1-3-5-16/h1-12,19-21H/t19-,20-,21+/m0/s1. The molecule has 0 aromatic heterocycles. The van der Waals surface area contributed by atoms with Crippen LogP contribution in [0.2, 0.25) is 10.0 Å². The second-order valence-corrected chi connectivity index (χ2v) is 8.16. The van der Waals surface area contributed by atoms with E-state index in [-0.39, 0.29) is 10.7 Å². The zero-order valence-corrected chi connectivity index (χ0v) is 17.4. The molecule has 31 heavy (non-hydrogen) atoms. The summed E-state index contributed by atoms with van der Waals surface area (Å²) in [6.45, 7) is 0. The molecule has 0 bridgehead atoms. The Hall–Kier alpha value is -2.93. The van der Waals surface area contributed by atoms with Crippen molar-refractivity contribution in [3.05, 3.63) is 94.2 Å². The lowest BCUT2D eigenvalue weighted by molar-refractivity contribution is -0.126. The van der Waals surface area contributed by atoms with Crippen LogP contribution in [0, 0.1) is 11.7 Å². The first-order valence-corrected chi connectivity index (χ1v) is 10.3. The zero-order valence-electron chi connectivity index (χ0n) is 15.9. The van der Waals surface area contributed by atoms with E-state index < -0.39 is 35.7 Å². The van der Waals surface area contributed by atoms with E-state index in [2.05, 4.69) is 0 Å². The molecule has 3 aromatic rings. The molecule has 5 nitrogen and oxygen atoms in total. The van der Waals surface area contributed by atoms with Gasteiger partial charge in [-0.25, -0.2) is 14.4 Å². The Bertz CT molecular complexity index is 1170. The minimum atomic E-state index is -1.03. The molecule has 0 aliphatic carbocycles. The minimum absolute atomic E-state index is 0.187. The monoisotopic (exact) mass is 456 g/mol. The van der Waals surface area contributed by atoms with Crippen LogP contribution in [0.1, 0.15) is 11.6 Å². The maximum atomic E-state index is 13.6. The molecule has 2 fully saturated rings. The quantitative estimate of drug-likeness (QED) is 0.509. The molecule has 0 spiro atoms. The van der Waals surface area contributed by atoms with Crippen molar-refractivity contribution in [1.29, 1.82) is 0 Å². The highest BCUT2D eigenvalue weighted by atomic mass is 35.5. The molecule has 0 saturated carbocycles. The van der Waals surface area contributed by atoms with Crippen LogP contribution in [0.4, 0.5) is 15.8 Å². The van der Waals surface area contributed by atoms with E-state index in [1.54, 1.807) is 23.3 Å². The summed E-state index contributed by atoms with van der Waals surface area (Å²) in [4.78, 5) is 33.8. The largest absolute Gasteiger partial charge is 0.273 e. The van der Waals surface area contributed by atoms with Crippen LogP contribution < -0.4 is 9.96 Å².